The summed E-state index contributed by atoms with van der Waals surface area (Å²) in [5, 5.41) is 17.3. The van der Waals surface area contributed by atoms with Crippen LogP contribution in [0.25, 0.3) is 0 Å². The van der Waals surface area contributed by atoms with Crippen LogP contribution in [0.1, 0.15) is 44.9 Å². The Bertz CT molecular complexity index is 640. The minimum absolute atomic E-state index is 0.00708. The van der Waals surface area contributed by atoms with Gasteiger partial charge in [-0.3, -0.25) is 14.4 Å². The molecule has 0 unspecified atom stereocenters. The van der Waals surface area contributed by atoms with Crippen molar-refractivity contribution in [2.45, 2.75) is 51.1 Å². The number of hydrogen-bond acceptors (Lipinski definition) is 7. The van der Waals surface area contributed by atoms with Gasteiger partial charge in [-0.25, -0.2) is 4.79 Å². The van der Waals surface area contributed by atoms with Crippen LogP contribution in [0.2, 0.25) is 0 Å². The Labute approximate surface area is 188 Å². The molecule has 11 heteroatoms. The first kappa shape index (κ1) is 25.9. The highest BCUT2D eigenvalue weighted by atomic mass is 16.6. The lowest BCUT2D eigenvalue weighted by atomic mass is 9.92. The van der Waals surface area contributed by atoms with Gasteiger partial charge in [0.15, 0.2) is 0 Å². The third-order valence-electron chi connectivity index (χ3n) is 5.88. The number of methoxy groups -OCH3 is 1. The van der Waals surface area contributed by atoms with Crippen LogP contribution in [0, 0.1) is 11.8 Å². The molecule has 0 spiro atoms. The van der Waals surface area contributed by atoms with Gasteiger partial charge in [0.25, 0.3) is 0 Å². The Hall–Kier alpha value is -2.40. The van der Waals surface area contributed by atoms with E-state index < -0.39 is 30.6 Å². The molecule has 2 saturated heterocycles. The van der Waals surface area contributed by atoms with Gasteiger partial charge in [0.05, 0.1) is 18.9 Å². The zero-order valence-electron chi connectivity index (χ0n) is 18.8. The number of ether oxygens (including phenoxy) is 2. The molecule has 0 saturated carbocycles. The van der Waals surface area contributed by atoms with E-state index in [0.717, 1.165) is 32.4 Å². The maximum Gasteiger partial charge on any atom is 0.408 e. The average Bonchev–Trinajstić information content (AvgIpc) is 2.78. The average molecular weight is 457 g/mol. The maximum atomic E-state index is 12.7. The molecule has 0 aromatic carbocycles. The molecule has 182 valence electrons. The summed E-state index contributed by atoms with van der Waals surface area (Å²) in [5.41, 5.74) is 0. The van der Waals surface area contributed by atoms with Gasteiger partial charge in [-0.1, -0.05) is 0 Å². The van der Waals surface area contributed by atoms with Crippen LogP contribution >= 0.6 is 0 Å². The van der Waals surface area contributed by atoms with Crippen molar-refractivity contribution in [3.63, 3.8) is 0 Å². The van der Waals surface area contributed by atoms with Crippen molar-refractivity contribution in [2.24, 2.45) is 11.8 Å². The Morgan fingerprint density at radius 3 is 2.56 bits per heavy atom. The van der Waals surface area contributed by atoms with E-state index in [2.05, 4.69) is 16.0 Å². The molecule has 3 amide bonds. The Kier molecular flexibility index (Phi) is 11.2. The number of carboxylic acid groups (broad SMARTS) is 1. The summed E-state index contributed by atoms with van der Waals surface area (Å²) in [6.07, 6.45) is 2.38. The quantitative estimate of drug-likeness (QED) is 0.256. The second-order valence-electron chi connectivity index (χ2n) is 8.34. The topological polar surface area (TPSA) is 146 Å². The van der Waals surface area contributed by atoms with E-state index >= 15 is 0 Å². The van der Waals surface area contributed by atoms with Gasteiger partial charge in [0, 0.05) is 26.6 Å². The lowest BCUT2D eigenvalue weighted by Crippen LogP contribution is -2.53. The summed E-state index contributed by atoms with van der Waals surface area (Å²) in [7, 11) is 1.46. The number of carbonyl (C=O) groups excluding carboxylic acids is 3. The van der Waals surface area contributed by atoms with E-state index in [1.807, 2.05) is 0 Å². The SMILES string of the molecule is COCCOC(=O)N[C@H](CC(=O)O)NC(=O)[C@@H]1CCCN(C(=O)CCC2CCNCC2)C1. The summed E-state index contributed by atoms with van der Waals surface area (Å²) >= 11 is 0. The van der Waals surface area contributed by atoms with Crippen LogP contribution < -0.4 is 16.0 Å². The number of aliphatic carboxylic acids is 1. The number of nitrogens with one attached hydrogen (secondary N) is 3. The van der Waals surface area contributed by atoms with Crippen molar-refractivity contribution < 1.29 is 33.8 Å². The van der Waals surface area contributed by atoms with Crippen molar-refractivity contribution >= 4 is 23.9 Å². The molecule has 11 nitrogen and oxygen atoms in total. The van der Waals surface area contributed by atoms with E-state index in [1.165, 1.54) is 7.11 Å². The fourth-order valence-corrected chi connectivity index (χ4v) is 4.08. The van der Waals surface area contributed by atoms with Crippen LogP contribution in [0.15, 0.2) is 0 Å². The van der Waals surface area contributed by atoms with Crippen molar-refractivity contribution in [2.75, 3.05) is 46.5 Å². The Balaban J connectivity index is 1.82. The molecule has 2 fully saturated rings. The summed E-state index contributed by atoms with van der Waals surface area (Å²) in [5.74, 6) is -1.39. The lowest BCUT2D eigenvalue weighted by molar-refractivity contribution is -0.138. The molecule has 0 bridgehead atoms. The van der Waals surface area contributed by atoms with Crippen molar-refractivity contribution in [1.82, 2.24) is 20.9 Å². The maximum absolute atomic E-state index is 12.7. The number of likely N-dealkylation sites (tertiary alicyclic amines) is 1. The van der Waals surface area contributed by atoms with Crippen molar-refractivity contribution in [3.8, 4) is 0 Å². The summed E-state index contributed by atoms with van der Waals surface area (Å²) in [6.45, 7) is 3.12. The molecule has 32 heavy (non-hydrogen) atoms. The Morgan fingerprint density at radius 1 is 1.12 bits per heavy atom. The van der Waals surface area contributed by atoms with Crippen molar-refractivity contribution in [3.05, 3.63) is 0 Å². The van der Waals surface area contributed by atoms with E-state index in [0.29, 0.717) is 38.3 Å². The highest BCUT2D eigenvalue weighted by Crippen LogP contribution is 2.21. The lowest BCUT2D eigenvalue weighted by Gasteiger charge is -2.33. The summed E-state index contributed by atoms with van der Waals surface area (Å²) < 4.78 is 9.65. The Morgan fingerprint density at radius 2 is 1.88 bits per heavy atom. The second-order valence-corrected chi connectivity index (χ2v) is 8.34. The number of hydrogen-bond donors (Lipinski definition) is 4. The first-order valence-corrected chi connectivity index (χ1v) is 11.3. The minimum Gasteiger partial charge on any atom is -0.481 e. The monoisotopic (exact) mass is 456 g/mol. The smallest absolute Gasteiger partial charge is 0.408 e. The van der Waals surface area contributed by atoms with Crippen LogP contribution in [0.3, 0.4) is 0 Å². The summed E-state index contributed by atoms with van der Waals surface area (Å²) in [6, 6.07) is 0. The molecule has 0 radical (unpaired) electrons. The minimum atomic E-state index is -1.18. The molecule has 2 aliphatic rings. The highest BCUT2D eigenvalue weighted by Gasteiger charge is 2.30. The van der Waals surface area contributed by atoms with Gasteiger partial charge in [-0.2, -0.15) is 0 Å². The molecular weight excluding hydrogens is 420 g/mol. The predicted octanol–water partition coefficient (Wildman–Crippen LogP) is 0.294. The normalized spacial score (nSPS) is 20.3. The van der Waals surface area contributed by atoms with Gasteiger partial charge < -0.3 is 35.4 Å². The molecule has 0 aromatic heterocycles. The van der Waals surface area contributed by atoms with Gasteiger partial charge in [0.2, 0.25) is 11.8 Å². The number of piperidine rings is 2. The molecule has 2 rings (SSSR count). The number of amides is 3. The molecule has 2 aliphatic heterocycles. The van der Waals surface area contributed by atoms with Gasteiger partial charge in [-0.15, -0.1) is 0 Å². The number of nitrogens with zero attached hydrogens (tertiary/aromatic N) is 1. The fraction of sp³-hybridized carbons (Fsp3) is 0.810. The molecule has 0 aliphatic carbocycles. The van der Waals surface area contributed by atoms with Gasteiger partial charge in [-0.05, 0) is 51.1 Å². The fourth-order valence-electron chi connectivity index (χ4n) is 4.08. The van der Waals surface area contributed by atoms with E-state index in [4.69, 9.17) is 14.6 Å². The molecular formula is C21H36N4O7. The first-order chi connectivity index (χ1) is 15.4. The molecule has 2 atom stereocenters. The number of alkyl carbamates (subject to hydrolysis) is 1. The predicted molar refractivity (Wildman–Crippen MR) is 115 cm³/mol. The van der Waals surface area contributed by atoms with Gasteiger partial charge in [0.1, 0.15) is 12.8 Å². The van der Waals surface area contributed by atoms with Crippen LogP contribution in [-0.4, -0.2) is 86.6 Å². The zero-order chi connectivity index (χ0) is 23.3. The van der Waals surface area contributed by atoms with Crippen molar-refractivity contribution in [1.29, 1.82) is 0 Å². The van der Waals surface area contributed by atoms with E-state index in [9.17, 15) is 19.2 Å². The highest BCUT2D eigenvalue weighted by molar-refractivity contribution is 5.82. The number of carboxylic acids is 1. The summed E-state index contributed by atoms with van der Waals surface area (Å²) in [4.78, 5) is 50.1. The largest absolute Gasteiger partial charge is 0.481 e. The number of carbonyl (C=O) groups is 4. The zero-order valence-corrected chi connectivity index (χ0v) is 18.8. The number of rotatable bonds is 11. The van der Waals surface area contributed by atoms with Crippen LogP contribution in [0.5, 0.6) is 0 Å². The van der Waals surface area contributed by atoms with Crippen LogP contribution in [-0.2, 0) is 23.9 Å². The van der Waals surface area contributed by atoms with Crippen LogP contribution in [0.4, 0.5) is 4.79 Å². The third-order valence-corrected chi connectivity index (χ3v) is 5.88. The van der Waals surface area contributed by atoms with Gasteiger partial charge >= 0.3 is 12.1 Å². The first-order valence-electron chi connectivity index (χ1n) is 11.3. The molecule has 0 aromatic rings. The van der Waals surface area contributed by atoms with E-state index in [1.54, 1.807) is 4.90 Å². The molecule has 2 heterocycles. The standard InChI is InChI=1S/C21H36N4O7/c1-31-11-12-32-21(30)24-17(13-19(27)28)23-20(29)16-3-2-10-25(14-16)18(26)5-4-15-6-8-22-9-7-15/h15-17,22H,2-14H2,1H3,(H,23,29)(H,24,30)(H,27,28)/t16-,17-/m1/s1. The molecule has 4 N–H and O–H groups in total. The second kappa shape index (κ2) is 13.9. The van der Waals surface area contributed by atoms with E-state index in [-0.39, 0.29) is 25.0 Å². The third kappa shape index (κ3) is 9.39.